The maximum absolute atomic E-state index is 13.6. The molecule has 27 heavy (non-hydrogen) atoms. The topological polar surface area (TPSA) is 52.6 Å². The van der Waals surface area contributed by atoms with E-state index < -0.39 is 0 Å². The van der Waals surface area contributed by atoms with Gasteiger partial charge in [0.1, 0.15) is 5.82 Å². The number of hydrogen-bond acceptors (Lipinski definition) is 3. The lowest BCUT2D eigenvalue weighted by atomic mass is 10.2. The predicted octanol–water partition coefficient (Wildman–Crippen LogP) is 3.81. The van der Waals surface area contributed by atoms with E-state index >= 15 is 0 Å². The van der Waals surface area contributed by atoms with E-state index in [1.54, 1.807) is 12.3 Å². The van der Waals surface area contributed by atoms with E-state index in [2.05, 4.69) is 56.7 Å². The number of benzene rings is 1. The van der Waals surface area contributed by atoms with Gasteiger partial charge in [-0.15, -0.1) is 24.0 Å². The van der Waals surface area contributed by atoms with Crippen molar-refractivity contribution in [2.24, 2.45) is 4.99 Å². The fraction of sp³-hybridized carbons (Fsp3) is 0.400. The maximum Gasteiger partial charge on any atom is 0.191 e. The number of guanidine groups is 1. The Bertz CT molecular complexity index is 681. The highest BCUT2D eigenvalue weighted by Gasteiger charge is 2.05. The smallest absolute Gasteiger partial charge is 0.191 e. The van der Waals surface area contributed by atoms with Crippen molar-refractivity contribution in [1.82, 2.24) is 15.6 Å². The average molecular weight is 485 g/mol. The van der Waals surface area contributed by atoms with Crippen LogP contribution < -0.4 is 15.5 Å². The van der Waals surface area contributed by atoms with Gasteiger partial charge in [0.25, 0.3) is 0 Å². The van der Waals surface area contributed by atoms with E-state index in [4.69, 9.17) is 0 Å². The van der Waals surface area contributed by atoms with Crippen LogP contribution in [0.25, 0.3) is 0 Å². The molecule has 1 aromatic heterocycles. The van der Waals surface area contributed by atoms with Crippen LogP contribution in [0, 0.1) is 5.82 Å². The molecular weight excluding hydrogens is 456 g/mol. The molecule has 0 aliphatic carbocycles. The maximum atomic E-state index is 13.6. The average Bonchev–Trinajstić information content (AvgIpc) is 2.68. The van der Waals surface area contributed by atoms with Gasteiger partial charge in [-0.1, -0.05) is 18.2 Å². The molecule has 0 spiro atoms. The molecule has 0 radical (unpaired) electrons. The third-order valence-corrected chi connectivity index (χ3v) is 3.97. The van der Waals surface area contributed by atoms with Gasteiger partial charge in [0.05, 0.1) is 12.2 Å². The summed E-state index contributed by atoms with van der Waals surface area (Å²) in [7, 11) is 0. The van der Waals surface area contributed by atoms with Crippen LogP contribution in [-0.2, 0) is 6.54 Å². The first-order chi connectivity index (χ1) is 12.7. The number of aliphatic imine (C=N–C) groups is 1. The van der Waals surface area contributed by atoms with Crippen molar-refractivity contribution in [3.05, 3.63) is 60.2 Å². The number of nitrogens with one attached hydrogen (secondary N) is 2. The summed E-state index contributed by atoms with van der Waals surface area (Å²) in [6.07, 6.45) is 2.56. The van der Waals surface area contributed by atoms with Crippen LogP contribution in [0.1, 0.15) is 26.0 Å². The lowest BCUT2D eigenvalue weighted by Crippen LogP contribution is -2.38. The molecule has 0 aliphatic rings. The van der Waals surface area contributed by atoms with E-state index in [-0.39, 0.29) is 36.3 Å². The molecule has 5 nitrogen and oxygen atoms in total. The Morgan fingerprint density at radius 3 is 2.56 bits per heavy atom. The second-order valence-electron chi connectivity index (χ2n) is 5.82. The monoisotopic (exact) mass is 485 g/mol. The van der Waals surface area contributed by atoms with Crippen LogP contribution >= 0.6 is 24.0 Å². The standard InChI is InChI=1S/C20H28FN5.HI/c1-3-22-20(25-16-19-18(21)12-8-13-23-19)24-14-9-15-26(4-2)17-10-6-5-7-11-17;/h5-8,10-13H,3-4,9,14-16H2,1-2H3,(H2,22,24,25);1H. The molecule has 2 aromatic rings. The fourth-order valence-electron chi connectivity index (χ4n) is 2.62. The summed E-state index contributed by atoms with van der Waals surface area (Å²) in [6.45, 7) is 7.85. The number of nitrogens with zero attached hydrogens (tertiary/aromatic N) is 3. The molecule has 0 unspecified atom stereocenters. The Kier molecular flexibility index (Phi) is 11.4. The Hall–Kier alpha value is -1.90. The summed E-state index contributed by atoms with van der Waals surface area (Å²) in [4.78, 5) is 10.8. The number of pyridine rings is 1. The zero-order valence-electron chi connectivity index (χ0n) is 16.0. The summed E-state index contributed by atoms with van der Waals surface area (Å²) in [5.74, 6) is 0.355. The zero-order chi connectivity index (χ0) is 18.6. The van der Waals surface area contributed by atoms with Crippen molar-refractivity contribution in [3.63, 3.8) is 0 Å². The first kappa shape index (κ1) is 23.1. The summed E-state index contributed by atoms with van der Waals surface area (Å²) in [6, 6.07) is 13.4. The second-order valence-corrected chi connectivity index (χ2v) is 5.82. The van der Waals surface area contributed by atoms with Crippen molar-refractivity contribution >= 4 is 35.6 Å². The van der Waals surface area contributed by atoms with Crippen LogP contribution in [0.3, 0.4) is 0 Å². The lowest BCUT2D eigenvalue weighted by molar-refractivity contribution is 0.599. The van der Waals surface area contributed by atoms with E-state index in [0.717, 1.165) is 32.6 Å². The van der Waals surface area contributed by atoms with Crippen LogP contribution in [0.4, 0.5) is 10.1 Å². The first-order valence-electron chi connectivity index (χ1n) is 9.16. The third-order valence-electron chi connectivity index (χ3n) is 3.97. The van der Waals surface area contributed by atoms with Crippen LogP contribution in [0.15, 0.2) is 53.7 Å². The van der Waals surface area contributed by atoms with Gasteiger partial charge in [0, 0.05) is 38.1 Å². The van der Waals surface area contributed by atoms with Crippen LogP contribution in [0.5, 0.6) is 0 Å². The molecule has 148 valence electrons. The van der Waals surface area contributed by atoms with Crippen molar-refractivity contribution in [1.29, 1.82) is 0 Å². The number of halogens is 2. The minimum Gasteiger partial charge on any atom is -0.372 e. The summed E-state index contributed by atoms with van der Waals surface area (Å²) in [5.41, 5.74) is 1.59. The molecule has 1 heterocycles. The van der Waals surface area contributed by atoms with Gasteiger partial charge in [-0.25, -0.2) is 9.38 Å². The predicted molar refractivity (Wildman–Crippen MR) is 121 cm³/mol. The normalized spacial score (nSPS) is 10.9. The lowest BCUT2D eigenvalue weighted by Gasteiger charge is -2.23. The minimum atomic E-state index is -0.325. The molecule has 2 rings (SSSR count). The highest BCUT2D eigenvalue weighted by atomic mass is 127. The van der Waals surface area contributed by atoms with Crippen LogP contribution in [0.2, 0.25) is 0 Å². The summed E-state index contributed by atoms with van der Waals surface area (Å²) >= 11 is 0. The highest BCUT2D eigenvalue weighted by Crippen LogP contribution is 2.12. The minimum absolute atomic E-state index is 0. The van der Waals surface area contributed by atoms with Crippen molar-refractivity contribution in [3.8, 4) is 0 Å². The zero-order valence-corrected chi connectivity index (χ0v) is 18.3. The molecule has 2 N–H and O–H groups in total. The van der Waals surface area contributed by atoms with Gasteiger partial charge in [-0.2, -0.15) is 0 Å². The summed E-state index contributed by atoms with van der Waals surface area (Å²) < 4.78 is 13.6. The van der Waals surface area contributed by atoms with Gasteiger partial charge in [-0.05, 0) is 44.5 Å². The largest absolute Gasteiger partial charge is 0.372 e. The van der Waals surface area contributed by atoms with Gasteiger partial charge in [0.2, 0.25) is 0 Å². The molecule has 0 saturated heterocycles. The van der Waals surface area contributed by atoms with E-state index in [9.17, 15) is 4.39 Å². The quantitative estimate of drug-likeness (QED) is 0.246. The number of aromatic nitrogens is 1. The SMILES string of the molecule is CCNC(=NCc1ncccc1F)NCCCN(CC)c1ccccc1.I. The van der Waals surface area contributed by atoms with Gasteiger partial charge >= 0.3 is 0 Å². The first-order valence-corrected chi connectivity index (χ1v) is 9.16. The fourth-order valence-corrected chi connectivity index (χ4v) is 2.62. The van der Waals surface area contributed by atoms with E-state index in [0.29, 0.717) is 11.7 Å². The van der Waals surface area contributed by atoms with Crippen molar-refractivity contribution < 1.29 is 4.39 Å². The Labute approximate surface area is 178 Å². The molecular formula is C20H29FIN5. The number of rotatable bonds is 9. The van der Waals surface area contributed by atoms with Gasteiger partial charge in [0.15, 0.2) is 5.96 Å². The molecule has 0 saturated carbocycles. The number of anilines is 1. The Morgan fingerprint density at radius 1 is 1.11 bits per heavy atom. The number of para-hydroxylation sites is 1. The molecule has 0 amide bonds. The summed E-state index contributed by atoms with van der Waals surface area (Å²) in [5, 5.41) is 6.48. The van der Waals surface area contributed by atoms with Crippen molar-refractivity contribution in [2.75, 3.05) is 31.1 Å². The van der Waals surface area contributed by atoms with E-state index in [1.807, 2.05) is 13.0 Å². The number of hydrogen-bond donors (Lipinski definition) is 2. The molecule has 0 atom stereocenters. The Balaban J connectivity index is 0.00000364. The molecule has 1 aromatic carbocycles. The Morgan fingerprint density at radius 2 is 1.89 bits per heavy atom. The van der Waals surface area contributed by atoms with E-state index in [1.165, 1.54) is 11.8 Å². The second kappa shape index (κ2) is 13.3. The van der Waals surface area contributed by atoms with Crippen LogP contribution in [-0.4, -0.2) is 37.1 Å². The molecule has 0 bridgehead atoms. The molecule has 0 aliphatic heterocycles. The van der Waals surface area contributed by atoms with Gasteiger partial charge < -0.3 is 15.5 Å². The molecule has 7 heteroatoms. The molecule has 0 fully saturated rings. The third kappa shape index (κ3) is 8.11. The highest BCUT2D eigenvalue weighted by molar-refractivity contribution is 14.0. The van der Waals surface area contributed by atoms with Gasteiger partial charge in [-0.3, -0.25) is 4.98 Å². The van der Waals surface area contributed by atoms with Crippen molar-refractivity contribution in [2.45, 2.75) is 26.8 Å².